The molecule has 2 N–H and O–H groups in total. The molecule has 0 aliphatic carbocycles. The predicted molar refractivity (Wildman–Crippen MR) is 121 cm³/mol. The number of benzene rings is 2. The Morgan fingerprint density at radius 3 is 2.60 bits per heavy atom. The zero-order chi connectivity index (χ0) is 20.9. The lowest BCUT2D eigenvalue weighted by Crippen LogP contribution is -3.14. The number of piperazine rings is 1. The molecule has 6 nitrogen and oxygen atoms in total. The van der Waals surface area contributed by atoms with Crippen molar-refractivity contribution in [1.82, 2.24) is 14.9 Å². The SMILES string of the molecule is CC[NH+]1CCN(C(=O)CCNc2nc(-c3ccccc3Cl)nc3ccccc23)CC1. The van der Waals surface area contributed by atoms with Gasteiger partial charge in [-0.2, -0.15) is 0 Å². The third-order valence-corrected chi connectivity index (χ3v) is 6.00. The summed E-state index contributed by atoms with van der Waals surface area (Å²) in [5, 5.41) is 4.90. The molecule has 7 heteroatoms. The zero-order valence-electron chi connectivity index (χ0n) is 17.2. The van der Waals surface area contributed by atoms with Gasteiger partial charge in [-0.3, -0.25) is 4.79 Å². The van der Waals surface area contributed by atoms with E-state index >= 15 is 0 Å². The fourth-order valence-corrected chi connectivity index (χ4v) is 4.07. The van der Waals surface area contributed by atoms with Crippen LogP contribution in [-0.4, -0.2) is 60.0 Å². The Morgan fingerprint density at radius 1 is 1.10 bits per heavy atom. The normalized spacial score (nSPS) is 14.8. The average Bonchev–Trinajstić information content (AvgIpc) is 2.79. The second-order valence-corrected chi connectivity index (χ2v) is 7.96. The number of amides is 1. The van der Waals surface area contributed by atoms with E-state index in [0.717, 1.165) is 55.0 Å². The van der Waals surface area contributed by atoms with Crippen molar-refractivity contribution in [3.8, 4) is 11.4 Å². The molecule has 1 aliphatic rings. The van der Waals surface area contributed by atoms with E-state index < -0.39 is 0 Å². The summed E-state index contributed by atoms with van der Waals surface area (Å²) in [4.78, 5) is 25.6. The monoisotopic (exact) mass is 424 g/mol. The molecule has 0 saturated carbocycles. The second kappa shape index (κ2) is 9.41. The first-order valence-corrected chi connectivity index (χ1v) is 10.9. The van der Waals surface area contributed by atoms with E-state index in [2.05, 4.69) is 17.2 Å². The van der Waals surface area contributed by atoms with Gasteiger partial charge in [0.05, 0.1) is 43.3 Å². The largest absolute Gasteiger partial charge is 0.369 e. The molecule has 156 valence electrons. The van der Waals surface area contributed by atoms with Crippen LogP contribution in [0.1, 0.15) is 13.3 Å². The number of nitrogens with zero attached hydrogens (tertiary/aromatic N) is 3. The van der Waals surface area contributed by atoms with Gasteiger partial charge < -0.3 is 15.1 Å². The highest BCUT2D eigenvalue weighted by atomic mass is 35.5. The van der Waals surface area contributed by atoms with Gasteiger partial charge >= 0.3 is 0 Å². The Labute approximate surface area is 181 Å². The molecule has 0 unspecified atom stereocenters. The van der Waals surface area contributed by atoms with E-state index in [-0.39, 0.29) is 5.91 Å². The number of fused-ring (bicyclic) bond motifs is 1. The summed E-state index contributed by atoms with van der Waals surface area (Å²) >= 11 is 6.36. The van der Waals surface area contributed by atoms with Gasteiger partial charge in [0.1, 0.15) is 5.82 Å². The fourth-order valence-electron chi connectivity index (χ4n) is 3.85. The van der Waals surface area contributed by atoms with E-state index in [9.17, 15) is 4.79 Å². The number of hydrogen-bond donors (Lipinski definition) is 2. The number of halogens is 1. The molecular formula is C23H27ClN5O+. The summed E-state index contributed by atoms with van der Waals surface area (Å²) in [6, 6.07) is 15.4. The molecule has 0 spiro atoms. The predicted octanol–water partition coefficient (Wildman–Crippen LogP) is 2.50. The molecule has 30 heavy (non-hydrogen) atoms. The number of hydrogen-bond acceptors (Lipinski definition) is 4. The number of carbonyl (C=O) groups is 1. The highest BCUT2D eigenvalue weighted by molar-refractivity contribution is 6.33. The molecule has 2 heterocycles. The second-order valence-electron chi connectivity index (χ2n) is 7.55. The Kier molecular flexibility index (Phi) is 6.45. The van der Waals surface area contributed by atoms with Gasteiger partial charge in [-0.25, -0.2) is 9.97 Å². The van der Waals surface area contributed by atoms with Crippen molar-refractivity contribution in [2.24, 2.45) is 0 Å². The van der Waals surface area contributed by atoms with Crippen LogP contribution < -0.4 is 10.2 Å². The Hall–Kier alpha value is -2.70. The zero-order valence-corrected chi connectivity index (χ0v) is 18.0. The van der Waals surface area contributed by atoms with Crippen molar-refractivity contribution in [2.75, 3.05) is 44.6 Å². The van der Waals surface area contributed by atoms with Crippen molar-refractivity contribution < 1.29 is 9.69 Å². The highest BCUT2D eigenvalue weighted by Gasteiger charge is 2.22. The molecule has 0 radical (unpaired) electrons. The van der Waals surface area contributed by atoms with Crippen molar-refractivity contribution >= 4 is 34.2 Å². The summed E-state index contributed by atoms with van der Waals surface area (Å²) in [5.41, 5.74) is 1.63. The fraction of sp³-hybridized carbons (Fsp3) is 0.348. The van der Waals surface area contributed by atoms with Crippen LogP contribution in [-0.2, 0) is 4.79 Å². The number of likely N-dealkylation sites (N-methyl/N-ethyl adjacent to an activating group) is 1. The first-order valence-electron chi connectivity index (χ1n) is 10.5. The highest BCUT2D eigenvalue weighted by Crippen LogP contribution is 2.29. The molecular weight excluding hydrogens is 398 g/mol. The van der Waals surface area contributed by atoms with E-state index in [4.69, 9.17) is 16.6 Å². The van der Waals surface area contributed by atoms with E-state index in [0.29, 0.717) is 23.8 Å². The molecule has 1 aliphatic heterocycles. The molecule has 1 fully saturated rings. The molecule has 4 rings (SSSR count). The molecule has 1 amide bonds. The quantitative estimate of drug-likeness (QED) is 0.638. The van der Waals surface area contributed by atoms with Gasteiger partial charge in [-0.05, 0) is 31.2 Å². The summed E-state index contributed by atoms with van der Waals surface area (Å²) < 4.78 is 0. The van der Waals surface area contributed by atoms with Gasteiger partial charge in [-0.15, -0.1) is 0 Å². The van der Waals surface area contributed by atoms with Crippen LogP contribution in [0.15, 0.2) is 48.5 Å². The van der Waals surface area contributed by atoms with Gasteiger partial charge in [0.25, 0.3) is 0 Å². The van der Waals surface area contributed by atoms with Crippen molar-refractivity contribution in [3.05, 3.63) is 53.6 Å². The number of anilines is 1. The number of nitrogens with one attached hydrogen (secondary N) is 2. The number of carbonyl (C=O) groups excluding carboxylic acids is 1. The van der Waals surface area contributed by atoms with Crippen LogP contribution in [0.25, 0.3) is 22.3 Å². The summed E-state index contributed by atoms with van der Waals surface area (Å²) in [5.74, 6) is 1.50. The number of rotatable bonds is 6. The summed E-state index contributed by atoms with van der Waals surface area (Å²) in [6.07, 6.45) is 0.446. The van der Waals surface area contributed by atoms with Gasteiger partial charge in [-0.1, -0.05) is 35.9 Å². The maximum atomic E-state index is 12.6. The minimum atomic E-state index is 0.197. The molecule has 0 bridgehead atoms. The van der Waals surface area contributed by atoms with Crippen LogP contribution in [0, 0.1) is 0 Å². The molecule has 1 saturated heterocycles. The maximum absolute atomic E-state index is 12.6. The number of aromatic nitrogens is 2. The Balaban J connectivity index is 1.48. The Bertz CT molecular complexity index is 1030. The minimum Gasteiger partial charge on any atom is -0.369 e. The van der Waals surface area contributed by atoms with E-state index in [1.807, 2.05) is 53.4 Å². The third kappa shape index (κ3) is 4.55. The lowest BCUT2D eigenvalue weighted by molar-refractivity contribution is -0.902. The minimum absolute atomic E-state index is 0.197. The standard InChI is InChI=1S/C23H26ClN5O/c1-2-28-13-15-29(16-14-28)21(30)11-12-25-22-18-8-4-6-10-20(18)26-23(27-22)17-7-3-5-9-19(17)24/h3-10H,2,11-16H2,1H3,(H,25,26,27)/p+1. The maximum Gasteiger partial charge on any atom is 0.224 e. The van der Waals surface area contributed by atoms with E-state index in [1.54, 1.807) is 4.90 Å². The first kappa shape index (κ1) is 20.6. The molecule has 3 aromatic rings. The average molecular weight is 425 g/mol. The van der Waals surface area contributed by atoms with Gasteiger partial charge in [0, 0.05) is 23.9 Å². The van der Waals surface area contributed by atoms with Crippen LogP contribution in [0.5, 0.6) is 0 Å². The van der Waals surface area contributed by atoms with Crippen molar-refractivity contribution in [2.45, 2.75) is 13.3 Å². The van der Waals surface area contributed by atoms with E-state index in [1.165, 1.54) is 0 Å². The molecule has 1 aromatic heterocycles. The summed E-state index contributed by atoms with van der Waals surface area (Å²) in [6.45, 7) is 7.60. The molecule has 0 atom stereocenters. The lowest BCUT2D eigenvalue weighted by Gasteiger charge is -2.31. The van der Waals surface area contributed by atoms with Gasteiger partial charge in [0.2, 0.25) is 5.91 Å². The number of quaternary nitrogens is 1. The van der Waals surface area contributed by atoms with Crippen LogP contribution in [0.3, 0.4) is 0 Å². The topological polar surface area (TPSA) is 62.6 Å². The van der Waals surface area contributed by atoms with Gasteiger partial charge in [0.15, 0.2) is 5.82 Å². The third-order valence-electron chi connectivity index (χ3n) is 5.67. The Morgan fingerprint density at radius 2 is 1.83 bits per heavy atom. The van der Waals surface area contributed by atoms with Crippen molar-refractivity contribution in [1.29, 1.82) is 0 Å². The van der Waals surface area contributed by atoms with Crippen LogP contribution >= 0.6 is 11.6 Å². The summed E-state index contributed by atoms with van der Waals surface area (Å²) in [7, 11) is 0. The molecule has 2 aromatic carbocycles. The number of para-hydroxylation sites is 1. The lowest BCUT2D eigenvalue weighted by atomic mass is 10.2. The smallest absolute Gasteiger partial charge is 0.224 e. The van der Waals surface area contributed by atoms with Crippen LogP contribution in [0.2, 0.25) is 5.02 Å². The first-order chi connectivity index (χ1) is 14.7. The van der Waals surface area contributed by atoms with Crippen molar-refractivity contribution in [3.63, 3.8) is 0 Å². The van der Waals surface area contributed by atoms with Crippen LogP contribution in [0.4, 0.5) is 5.82 Å².